The molecule has 1 aliphatic rings. The van der Waals surface area contributed by atoms with E-state index < -0.39 is 26.2 Å². The number of rotatable bonds is 3. The van der Waals surface area contributed by atoms with Gasteiger partial charge in [0.15, 0.2) is 4.90 Å². The Bertz CT molecular complexity index is 625. The molecule has 1 saturated carbocycles. The third kappa shape index (κ3) is 2.46. The van der Waals surface area contributed by atoms with Crippen molar-refractivity contribution in [3.8, 4) is 0 Å². The first-order valence-corrected chi connectivity index (χ1v) is 6.47. The van der Waals surface area contributed by atoms with E-state index in [0.29, 0.717) is 12.8 Å². The van der Waals surface area contributed by atoms with Gasteiger partial charge in [-0.05, 0) is 12.8 Å². The third-order valence-electron chi connectivity index (χ3n) is 2.57. The maximum Gasteiger partial charge on any atom is 0.325 e. The highest BCUT2D eigenvalue weighted by atomic mass is 32.2. The number of sulfonamides is 1. The fourth-order valence-corrected chi connectivity index (χ4v) is 2.91. The van der Waals surface area contributed by atoms with Gasteiger partial charge in [-0.25, -0.2) is 17.9 Å². The molecule has 5 N–H and O–H groups in total. The molecule has 1 aromatic heterocycles. The second kappa shape index (κ2) is 4.09. The van der Waals surface area contributed by atoms with E-state index in [-0.39, 0.29) is 12.1 Å². The Morgan fingerprint density at radius 3 is 2.53 bits per heavy atom. The maximum absolute atomic E-state index is 11.8. The normalized spacial score (nSPS) is 24.3. The van der Waals surface area contributed by atoms with Crippen LogP contribution < -0.4 is 21.7 Å². The molecule has 94 valence electrons. The number of hydrogen-bond donors (Lipinski definition) is 4. The zero-order valence-corrected chi connectivity index (χ0v) is 9.58. The molecule has 1 aliphatic carbocycles. The van der Waals surface area contributed by atoms with Crippen LogP contribution in [0.4, 0.5) is 0 Å². The largest absolute Gasteiger partial charge is 0.328 e. The van der Waals surface area contributed by atoms with Gasteiger partial charge in [0, 0.05) is 18.3 Å². The summed E-state index contributed by atoms with van der Waals surface area (Å²) in [7, 11) is -3.91. The third-order valence-corrected chi connectivity index (χ3v) is 4.10. The predicted octanol–water partition coefficient (Wildman–Crippen LogP) is -2.17. The first kappa shape index (κ1) is 12.0. The van der Waals surface area contributed by atoms with Gasteiger partial charge < -0.3 is 10.7 Å². The standard InChI is InChI=1S/C8H12N4O4S/c9-4-1-5(2-4)12-17(15,16)6-3-10-8(14)11-7(6)13/h3-5,12H,1-2,9H2,(H2,10,11,13,14). The number of H-pyrrole nitrogens is 2. The highest BCUT2D eigenvalue weighted by Crippen LogP contribution is 2.19. The summed E-state index contributed by atoms with van der Waals surface area (Å²) in [6.45, 7) is 0. The van der Waals surface area contributed by atoms with E-state index in [1.807, 2.05) is 4.98 Å². The van der Waals surface area contributed by atoms with Crippen molar-refractivity contribution < 1.29 is 8.42 Å². The van der Waals surface area contributed by atoms with Gasteiger partial charge >= 0.3 is 5.69 Å². The average molecular weight is 260 g/mol. The molecule has 2 rings (SSSR count). The van der Waals surface area contributed by atoms with Crippen molar-refractivity contribution in [2.75, 3.05) is 0 Å². The summed E-state index contributed by atoms with van der Waals surface area (Å²) in [4.78, 5) is 25.5. The molecule has 17 heavy (non-hydrogen) atoms. The lowest BCUT2D eigenvalue weighted by molar-refractivity contribution is 0.327. The molecule has 1 aromatic rings. The first-order chi connectivity index (χ1) is 7.88. The molecular formula is C8H12N4O4S. The van der Waals surface area contributed by atoms with E-state index in [1.165, 1.54) is 0 Å². The van der Waals surface area contributed by atoms with Crippen LogP contribution in [-0.4, -0.2) is 30.5 Å². The second-order valence-corrected chi connectivity index (χ2v) is 5.67. The topological polar surface area (TPSA) is 138 Å². The Hall–Kier alpha value is -1.45. The fraction of sp³-hybridized carbons (Fsp3) is 0.500. The van der Waals surface area contributed by atoms with Gasteiger partial charge in [-0.2, -0.15) is 0 Å². The summed E-state index contributed by atoms with van der Waals surface area (Å²) in [5.74, 6) is 0. The van der Waals surface area contributed by atoms with Crippen molar-refractivity contribution in [1.29, 1.82) is 0 Å². The Kier molecular flexibility index (Phi) is 2.89. The van der Waals surface area contributed by atoms with Gasteiger partial charge in [0.2, 0.25) is 10.0 Å². The van der Waals surface area contributed by atoms with Crippen LogP contribution in [0.1, 0.15) is 12.8 Å². The Labute approximate surface area is 96.3 Å². The highest BCUT2D eigenvalue weighted by molar-refractivity contribution is 7.89. The molecule has 0 radical (unpaired) electrons. The van der Waals surface area contributed by atoms with Crippen molar-refractivity contribution in [2.45, 2.75) is 29.8 Å². The molecule has 0 spiro atoms. The van der Waals surface area contributed by atoms with Gasteiger partial charge in [-0.3, -0.25) is 9.78 Å². The van der Waals surface area contributed by atoms with E-state index >= 15 is 0 Å². The monoisotopic (exact) mass is 260 g/mol. The first-order valence-electron chi connectivity index (χ1n) is 4.98. The summed E-state index contributed by atoms with van der Waals surface area (Å²) in [5, 5.41) is 0. The lowest BCUT2D eigenvalue weighted by Gasteiger charge is -2.32. The smallest absolute Gasteiger partial charge is 0.325 e. The van der Waals surface area contributed by atoms with Crippen LogP contribution in [0.5, 0.6) is 0 Å². The SMILES string of the molecule is NC1CC(NS(=O)(=O)c2c[nH]c(=O)[nH]c2=O)C1. The second-order valence-electron chi connectivity index (χ2n) is 3.99. The van der Waals surface area contributed by atoms with Crippen LogP contribution in [0.2, 0.25) is 0 Å². The fourth-order valence-electron chi connectivity index (χ4n) is 1.64. The van der Waals surface area contributed by atoms with Gasteiger partial charge in [0.25, 0.3) is 5.56 Å². The van der Waals surface area contributed by atoms with Gasteiger partial charge in [0.1, 0.15) is 0 Å². The lowest BCUT2D eigenvalue weighted by Crippen LogP contribution is -2.51. The van der Waals surface area contributed by atoms with E-state index in [4.69, 9.17) is 5.73 Å². The number of hydrogen-bond acceptors (Lipinski definition) is 5. The lowest BCUT2D eigenvalue weighted by atomic mass is 9.89. The molecule has 0 amide bonds. The maximum atomic E-state index is 11.8. The Morgan fingerprint density at radius 2 is 2.00 bits per heavy atom. The summed E-state index contributed by atoms with van der Waals surface area (Å²) in [6.07, 6.45) is 1.96. The molecule has 0 unspecified atom stereocenters. The number of aromatic nitrogens is 2. The molecule has 0 saturated heterocycles. The van der Waals surface area contributed by atoms with Crippen LogP contribution >= 0.6 is 0 Å². The Morgan fingerprint density at radius 1 is 1.35 bits per heavy atom. The van der Waals surface area contributed by atoms with Crippen molar-refractivity contribution in [2.24, 2.45) is 5.73 Å². The molecule has 0 aromatic carbocycles. The van der Waals surface area contributed by atoms with Crippen LogP contribution in [0.25, 0.3) is 0 Å². The zero-order valence-electron chi connectivity index (χ0n) is 8.76. The van der Waals surface area contributed by atoms with Crippen molar-refractivity contribution in [3.63, 3.8) is 0 Å². The molecule has 0 aliphatic heterocycles. The average Bonchev–Trinajstić information content (AvgIpc) is 2.14. The molecule has 8 nitrogen and oxygen atoms in total. The molecule has 1 fully saturated rings. The van der Waals surface area contributed by atoms with Crippen molar-refractivity contribution >= 4 is 10.0 Å². The minimum absolute atomic E-state index is 0.00318. The number of aromatic amines is 2. The van der Waals surface area contributed by atoms with Crippen LogP contribution in [0.3, 0.4) is 0 Å². The van der Waals surface area contributed by atoms with Crippen molar-refractivity contribution in [1.82, 2.24) is 14.7 Å². The van der Waals surface area contributed by atoms with Gasteiger partial charge in [-0.1, -0.05) is 0 Å². The number of nitrogens with two attached hydrogens (primary N) is 1. The molecule has 9 heteroatoms. The molecule has 0 atom stereocenters. The minimum Gasteiger partial charge on any atom is -0.328 e. The quantitative estimate of drug-likeness (QED) is 0.490. The van der Waals surface area contributed by atoms with Gasteiger partial charge in [-0.15, -0.1) is 0 Å². The van der Waals surface area contributed by atoms with Crippen LogP contribution in [0, 0.1) is 0 Å². The van der Waals surface area contributed by atoms with Crippen molar-refractivity contribution in [3.05, 3.63) is 27.0 Å². The van der Waals surface area contributed by atoms with Gasteiger partial charge in [0.05, 0.1) is 0 Å². The molecule has 0 bridgehead atoms. The number of nitrogens with one attached hydrogen (secondary N) is 3. The van der Waals surface area contributed by atoms with E-state index in [0.717, 1.165) is 6.20 Å². The minimum atomic E-state index is -3.91. The summed E-state index contributed by atoms with van der Waals surface area (Å²) >= 11 is 0. The summed E-state index contributed by atoms with van der Waals surface area (Å²) in [6, 6.07) is -0.252. The zero-order chi connectivity index (χ0) is 12.6. The highest BCUT2D eigenvalue weighted by Gasteiger charge is 2.31. The molecular weight excluding hydrogens is 248 g/mol. The van der Waals surface area contributed by atoms with E-state index in [1.54, 1.807) is 0 Å². The summed E-state index contributed by atoms with van der Waals surface area (Å²) in [5.41, 5.74) is 3.84. The molecule has 1 heterocycles. The van der Waals surface area contributed by atoms with E-state index in [2.05, 4.69) is 9.71 Å². The van der Waals surface area contributed by atoms with E-state index in [9.17, 15) is 18.0 Å². The Balaban J connectivity index is 2.26. The van der Waals surface area contributed by atoms with Crippen LogP contribution in [0.15, 0.2) is 20.7 Å². The van der Waals surface area contributed by atoms with Crippen LogP contribution in [-0.2, 0) is 10.0 Å². The summed E-state index contributed by atoms with van der Waals surface area (Å²) < 4.78 is 25.9. The predicted molar refractivity (Wildman–Crippen MR) is 59.0 cm³/mol.